The van der Waals surface area contributed by atoms with Crippen LogP contribution in [0.3, 0.4) is 0 Å². The summed E-state index contributed by atoms with van der Waals surface area (Å²) in [6.45, 7) is 9.60. The lowest BCUT2D eigenvalue weighted by molar-refractivity contribution is 0.508. The van der Waals surface area contributed by atoms with Crippen molar-refractivity contribution in [3.8, 4) is 0 Å². The van der Waals surface area contributed by atoms with Crippen LogP contribution in [0, 0.1) is 0 Å². The maximum atomic E-state index is 12.3. The van der Waals surface area contributed by atoms with E-state index < -0.39 is 11.4 Å². The highest BCUT2D eigenvalue weighted by Crippen LogP contribution is 2.27. The van der Waals surface area contributed by atoms with Gasteiger partial charge in [-0.15, -0.1) is 11.3 Å². The normalized spacial score (nSPS) is 15.0. The van der Waals surface area contributed by atoms with Crippen LogP contribution in [0.15, 0.2) is 35.5 Å². The molecule has 0 aliphatic rings. The van der Waals surface area contributed by atoms with Gasteiger partial charge in [-0.1, -0.05) is 6.08 Å². The number of halogens is 1. The summed E-state index contributed by atoms with van der Waals surface area (Å²) in [6, 6.07) is 3.78. The molecule has 0 fully saturated rings. The number of allylic oxidation sites excluding steroid dienone is 1. The van der Waals surface area contributed by atoms with E-state index in [1.807, 2.05) is 39.0 Å². The fraction of sp³-hybridized carbons (Fsp3) is 0.500. The van der Waals surface area contributed by atoms with Crippen LogP contribution in [0.1, 0.15) is 45.3 Å². The Balaban J connectivity index is 2.89. The zero-order valence-corrected chi connectivity index (χ0v) is 14.1. The summed E-state index contributed by atoms with van der Waals surface area (Å²) < 4.78 is 16.1. The van der Waals surface area contributed by atoms with E-state index >= 15 is 0 Å². The number of rotatable bonds is 6. The molecule has 0 amide bonds. The van der Waals surface area contributed by atoms with Gasteiger partial charge in [0.15, 0.2) is 0 Å². The average Bonchev–Trinajstić information content (AvgIpc) is 2.34. The molecule has 0 aliphatic carbocycles. The van der Waals surface area contributed by atoms with Crippen molar-refractivity contribution in [2.45, 2.75) is 44.4 Å². The Labute approximate surface area is 127 Å². The first kappa shape index (κ1) is 16.7. The van der Waals surface area contributed by atoms with Gasteiger partial charge >= 0.3 is 0 Å². The zero-order valence-electron chi connectivity index (χ0n) is 11.6. The molecule has 0 spiro atoms. The maximum Gasteiger partial charge on any atom is 0.136 e. The van der Waals surface area contributed by atoms with Gasteiger partial charge in [0.25, 0.3) is 0 Å². The number of hydrogen-bond acceptors (Lipinski definition) is 3. The van der Waals surface area contributed by atoms with Crippen molar-refractivity contribution in [3.05, 3.63) is 41.2 Å². The van der Waals surface area contributed by atoms with Crippen molar-refractivity contribution in [2.75, 3.05) is 0 Å². The molecule has 0 saturated heterocycles. The Morgan fingerprint density at radius 3 is 2.79 bits per heavy atom. The highest BCUT2D eigenvalue weighted by Gasteiger charge is 2.30. The van der Waals surface area contributed by atoms with Crippen molar-refractivity contribution >= 4 is 27.3 Å². The lowest BCUT2D eigenvalue weighted by Crippen LogP contribution is -2.41. The minimum atomic E-state index is -1.12. The molecule has 1 aromatic rings. The van der Waals surface area contributed by atoms with Gasteiger partial charge in [-0.05, 0) is 61.7 Å². The minimum absolute atomic E-state index is 0.0476. The molecule has 0 aliphatic heterocycles. The number of aromatic nitrogens is 1. The number of nitrogens with zero attached hydrogens (tertiary/aromatic N) is 1. The summed E-state index contributed by atoms with van der Waals surface area (Å²) in [5.41, 5.74) is 0.891. The molecule has 0 bridgehead atoms. The Bertz CT molecular complexity index is 420. The van der Waals surface area contributed by atoms with Crippen LogP contribution in [-0.4, -0.2) is 14.3 Å². The topological polar surface area (TPSA) is 48.0 Å². The lowest BCUT2D eigenvalue weighted by Gasteiger charge is -2.28. The third-order valence-corrected chi connectivity index (χ3v) is 4.86. The summed E-state index contributed by atoms with van der Waals surface area (Å²) in [6.07, 6.45) is 5.29. The highest BCUT2D eigenvalue weighted by atomic mass is 79.9. The standard InChI is InChI=1S/C14H21BrN2OS/c1-5-6-9-12(17-19(18)14(2,3)4)13-11(15)8-7-10-16-13/h5,7-8,10,12,17H,1,6,9H2,2-4H3/t12-,19?/m1/s1. The van der Waals surface area contributed by atoms with Crippen molar-refractivity contribution in [3.63, 3.8) is 0 Å². The molecule has 1 aromatic heterocycles. The van der Waals surface area contributed by atoms with Crippen molar-refractivity contribution in [1.29, 1.82) is 0 Å². The molecular formula is C14H21BrN2OS. The van der Waals surface area contributed by atoms with E-state index in [0.29, 0.717) is 0 Å². The van der Waals surface area contributed by atoms with Gasteiger partial charge in [0, 0.05) is 22.0 Å². The number of hydrogen-bond donors (Lipinski definition) is 1. The first-order valence-electron chi connectivity index (χ1n) is 6.25. The summed E-state index contributed by atoms with van der Waals surface area (Å²) in [4.78, 5) is 4.39. The fourth-order valence-corrected chi connectivity index (χ4v) is 2.87. The molecule has 1 unspecified atom stereocenters. The van der Waals surface area contributed by atoms with E-state index in [9.17, 15) is 4.55 Å². The van der Waals surface area contributed by atoms with Gasteiger partial charge < -0.3 is 4.55 Å². The second-order valence-corrected chi connectivity index (χ2v) is 8.14. The summed E-state index contributed by atoms with van der Waals surface area (Å²) in [7, 11) is 0. The molecule has 1 heterocycles. The van der Waals surface area contributed by atoms with Crippen molar-refractivity contribution < 1.29 is 4.55 Å². The summed E-state index contributed by atoms with van der Waals surface area (Å²) in [5, 5.41) is 0. The first-order valence-corrected chi connectivity index (χ1v) is 8.20. The molecular weight excluding hydrogens is 324 g/mol. The van der Waals surface area contributed by atoms with Gasteiger partial charge in [0.2, 0.25) is 0 Å². The predicted octanol–water partition coefficient (Wildman–Crippen LogP) is 3.90. The molecule has 2 atom stereocenters. The molecule has 0 aromatic carbocycles. The number of pyridine rings is 1. The van der Waals surface area contributed by atoms with Crippen LogP contribution in [-0.2, 0) is 11.4 Å². The van der Waals surface area contributed by atoms with Gasteiger partial charge in [-0.2, -0.15) is 0 Å². The van der Waals surface area contributed by atoms with Crippen molar-refractivity contribution in [2.24, 2.45) is 0 Å². The molecule has 0 saturated carbocycles. The van der Waals surface area contributed by atoms with E-state index in [1.54, 1.807) is 6.20 Å². The monoisotopic (exact) mass is 344 g/mol. The summed E-state index contributed by atoms with van der Waals surface area (Å²) >= 11 is 2.38. The van der Waals surface area contributed by atoms with Gasteiger partial charge in [0.1, 0.15) is 4.75 Å². The van der Waals surface area contributed by atoms with E-state index in [4.69, 9.17) is 0 Å². The Kier molecular flexibility index (Phi) is 6.53. The molecule has 1 N–H and O–H groups in total. The second-order valence-electron chi connectivity index (χ2n) is 5.29. The molecule has 3 nitrogen and oxygen atoms in total. The molecule has 1 rings (SSSR count). The summed E-state index contributed by atoms with van der Waals surface area (Å²) in [5.74, 6) is 0. The van der Waals surface area contributed by atoms with Gasteiger partial charge in [0.05, 0.1) is 11.7 Å². The van der Waals surface area contributed by atoms with E-state index in [2.05, 4.69) is 32.2 Å². The molecule has 5 heteroatoms. The van der Waals surface area contributed by atoms with E-state index in [1.165, 1.54) is 0 Å². The van der Waals surface area contributed by atoms with Crippen molar-refractivity contribution in [1.82, 2.24) is 9.71 Å². The van der Waals surface area contributed by atoms with Gasteiger partial charge in [-0.25, -0.2) is 0 Å². The highest BCUT2D eigenvalue weighted by molar-refractivity contribution is 9.10. The first-order chi connectivity index (χ1) is 8.86. The van der Waals surface area contributed by atoms with Crippen LogP contribution >= 0.6 is 15.9 Å². The predicted molar refractivity (Wildman–Crippen MR) is 85.1 cm³/mol. The van der Waals surface area contributed by atoms with E-state index in [-0.39, 0.29) is 10.8 Å². The van der Waals surface area contributed by atoms with Crippen LogP contribution in [0.25, 0.3) is 0 Å². The third-order valence-electron chi connectivity index (χ3n) is 2.58. The quantitative estimate of drug-likeness (QED) is 0.628. The van der Waals surface area contributed by atoms with E-state index in [0.717, 1.165) is 23.0 Å². The fourth-order valence-electron chi connectivity index (χ4n) is 1.50. The maximum absolute atomic E-state index is 12.3. The number of nitrogens with one attached hydrogen (secondary N) is 1. The smallest absolute Gasteiger partial charge is 0.136 e. The molecule has 19 heavy (non-hydrogen) atoms. The second kappa shape index (κ2) is 7.43. The van der Waals surface area contributed by atoms with Crippen LogP contribution in [0.5, 0.6) is 0 Å². The van der Waals surface area contributed by atoms with Crippen LogP contribution < -0.4 is 4.72 Å². The Hall–Kier alpha value is -0.360. The van der Waals surface area contributed by atoms with Gasteiger partial charge in [-0.3, -0.25) is 4.98 Å². The SMILES string of the molecule is C=CCC[C@@H](N[S+]([O-])C(C)(C)C)c1ncccc1Br. The van der Waals surface area contributed by atoms with Crippen LogP contribution in [0.2, 0.25) is 0 Å². The zero-order chi connectivity index (χ0) is 14.5. The molecule has 106 valence electrons. The molecule has 0 radical (unpaired) electrons. The lowest BCUT2D eigenvalue weighted by atomic mass is 10.1. The Morgan fingerprint density at radius 2 is 2.26 bits per heavy atom. The average molecular weight is 345 g/mol. The Morgan fingerprint density at radius 1 is 1.58 bits per heavy atom. The minimum Gasteiger partial charge on any atom is -0.598 e. The largest absolute Gasteiger partial charge is 0.598 e. The third kappa shape index (κ3) is 5.26. The van der Waals surface area contributed by atoms with Crippen LogP contribution in [0.4, 0.5) is 0 Å².